The van der Waals surface area contributed by atoms with Gasteiger partial charge in [0.05, 0.1) is 0 Å². The fourth-order valence-corrected chi connectivity index (χ4v) is 6.71. The van der Waals surface area contributed by atoms with Gasteiger partial charge >= 0.3 is 102 Å². The summed E-state index contributed by atoms with van der Waals surface area (Å²) in [5, 5.41) is 14.8. The second-order valence-corrected chi connectivity index (χ2v) is 13.1. The molecule has 4 unspecified atom stereocenters. The molecule has 0 radical (unpaired) electrons. The molecule has 5 nitrogen and oxygen atoms in total. The van der Waals surface area contributed by atoms with Gasteiger partial charge in [-0.1, -0.05) is 0 Å². The second kappa shape index (κ2) is 10.5. The molecule has 0 aliphatic carbocycles. The Morgan fingerprint density at radius 1 is 0.895 bits per heavy atom. The van der Waals surface area contributed by atoms with Gasteiger partial charge < -0.3 is 10.2 Å². The van der Waals surface area contributed by atoms with E-state index in [1.807, 2.05) is 0 Å². The Labute approximate surface area is 146 Å². The van der Waals surface area contributed by atoms with Gasteiger partial charge in [-0.05, 0) is 0 Å². The number of aliphatic carboxylic acids is 2. The van der Waals surface area contributed by atoms with Gasteiger partial charge in [-0.15, -0.1) is 0 Å². The van der Waals surface area contributed by atoms with Crippen LogP contribution >= 0.6 is 0 Å². The average molecular weight is 645 g/mol. The fraction of sp³-hybridized carbons (Fsp3) is 0.833. The Kier molecular flexibility index (Phi) is 10.9. The Hall–Kier alpha value is 0.770. The average Bonchev–Trinajstić information content (AvgIpc) is 2.26. The molecule has 2 aliphatic heterocycles. The first-order chi connectivity index (χ1) is 8.73. The van der Waals surface area contributed by atoms with Crippen molar-refractivity contribution in [3.05, 3.63) is 0 Å². The molecule has 2 heterocycles. The van der Waals surface area contributed by atoms with E-state index in [0.29, 0.717) is 0 Å². The Morgan fingerprint density at radius 2 is 1.16 bits per heavy atom. The zero-order valence-corrected chi connectivity index (χ0v) is 22.7. The molecular formula is C12H20Hg2O5. The summed E-state index contributed by atoms with van der Waals surface area (Å²) in [5.74, 6) is -1.67. The summed E-state index contributed by atoms with van der Waals surface area (Å²) in [6.07, 6.45) is 7.25. The molecule has 0 aromatic carbocycles. The molecule has 2 aliphatic rings. The van der Waals surface area contributed by atoms with Crippen molar-refractivity contribution < 1.29 is 76.8 Å². The number of hydrogen-bond acceptors (Lipinski definition) is 3. The number of ether oxygens (including phenoxy) is 1. The molecule has 2 N–H and O–H groups in total. The van der Waals surface area contributed by atoms with Gasteiger partial charge in [-0.2, -0.15) is 0 Å². The van der Waals surface area contributed by atoms with Crippen LogP contribution in [0.5, 0.6) is 0 Å². The van der Waals surface area contributed by atoms with E-state index in [9.17, 15) is 0 Å². The van der Waals surface area contributed by atoms with E-state index in [4.69, 9.17) is 24.5 Å². The van der Waals surface area contributed by atoms with Gasteiger partial charge in [-0.3, -0.25) is 9.59 Å². The quantitative estimate of drug-likeness (QED) is 0.395. The number of carbonyl (C=O) groups is 2. The molecule has 19 heavy (non-hydrogen) atoms. The third kappa shape index (κ3) is 10.2. The second-order valence-electron chi connectivity index (χ2n) is 4.93. The number of fused-ring (bicyclic) bond motifs is 2. The van der Waals surface area contributed by atoms with Crippen LogP contribution < -0.4 is 0 Å². The Bertz CT molecular complexity index is 262. The first kappa shape index (κ1) is 19.8. The van der Waals surface area contributed by atoms with Gasteiger partial charge in [0.25, 0.3) is 11.9 Å². The van der Waals surface area contributed by atoms with Gasteiger partial charge in [0.2, 0.25) is 0 Å². The van der Waals surface area contributed by atoms with Crippen LogP contribution in [0.4, 0.5) is 0 Å². The van der Waals surface area contributed by atoms with Crippen LogP contribution in [-0.2, 0) is 66.6 Å². The molecule has 7 heteroatoms. The third-order valence-corrected chi connectivity index (χ3v) is 10.3. The van der Waals surface area contributed by atoms with Crippen LogP contribution in [0.15, 0.2) is 0 Å². The van der Waals surface area contributed by atoms with Crippen molar-refractivity contribution in [3.8, 4) is 0 Å². The minimum absolute atomic E-state index is 0.719. The first-order valence-electron chi connectivity index (χ1n) is 6.44. The van der Waals surface area contributed by atoms with Gasteiger partial charge in [0, 0.05) is 13.8 Å². The summed E-state index contributed by atoms with van der Waals surface area (Å²) in [5.41, 5.74) is 0. The number of carboxylic acid groups (broad SMARTS) is 2. The van der Waals surface area contributed by atoms with Crippen LogP contribution in [0.1, 0.15) is 39.5 Å². The van der Waals surface area contributed by atoms with E-state index in [-0.39, 0.29) is 0 Å². The molecule has 0 aromatic heterocycles. The van der Waals surface area contributed by atoms with Gasteiger partial charge in [0.15, 0.2) is 0 Å². The van der Waals surface area contributed by atoms with Crippen LogP contribution in [0, 0.1) is 0 Å². The summed E-state index contributed by atoms with van der Waals surface area (Å²) < 4.78 is 8.11. The molecule has 0 spiro atoms. The standard InChI is InChI=1S/C8H12O.2C2H4O2.2Hg/c1-3-7-5-2-6-8(4-1)9-7;2*1-2(3)4;;/h3,6-8H,1-2,4-5H2;2*1H3,(H,3,4);;. The summed E-state index contributed by atoms with van der Waals surface area (Å²) in [7, 11) is 0. The van der Waals surface area contributed by atoms with E-state index >= 15 is 0 Å². The summed E-state index contributed by atoms with van der Waals surface area (Å²) in [6, 6.07) is 0. The predicted molar refractivity (Wildman–Crippen MR) is 61.2 cm³/mol. The molecule has 2 fully saturated rings. The topological polar surface area (TPSA) is 83.8 Å². The van der Waals surface area contributed by atoms with Crippen LogP contribution in [-0.4, -0.2) is 34.4 Å². The van der Waals surface area contributed by atoms with Crippen LogP contribution in [0.3, 0.4) is 0 Å². The van der Waals surface area contributed by atoms with Crippen molar-refractivity contribution in [3.63, 3.8) is 0 Å². The van der Waals surface area contributed by atoms with Crippen molar-refractivity contribution >= 4 is 11.9 Å². The molecular weight excluding hydrogens is 625 g/mol. The SMILES string of the molecule is CC(=O)O.CC(=O)O.[Hg][CH]1CCC2OC1CC[CH]2[Hg]. The molecule has 4 atom stereocenters. The van der Waals surface area contributed by atoms with E-state index in [1.165, 1.54) is 25.7 Å². The Balaban J connectivity index is 0.000000342. The van der Waals surface area contributed by atoms with Crippen molar-refractivity contribution in [2.45, 2.75) is 58.6 Å². The normalized spacial score (nSPS) is 32.1. The monoisotopic (exact) mass is 648 g/mol. The van der Waals surface area contributed by atoms with E-state index in [1.54, 1.807) is 0 Å². The molecule has 2 bridgehead atoms. The van der Waals surface area contributed by atoms with Crippen molar-refractivity contribution in [2.75, 3.05) is 0 Å². The first-order valence-corrected chi connectivity index (χ1v) is 12.8. The zero-order chi connectivity index (χ0) is 15.0. The fourth-order valence-electron chi connectivity index (χ4n) is 2.18. The molecule has 0 amide bonds. The van der Waals surface area contributed by atoms with E-state index in [2.05, 4.69) is 0 Å². The molecule has 0 aromatic rings. The van der Waals surface area contributed by atoms with Crippen molar-refractivity contribution in [2.24, 2.45) is 0 Å². The summed E-state index contributed by atoms with van der Waals surface area (Å²) >= 11 is 1.91. The molecule has 2 saturated heterocycles. The number of carboxylic acids is 2. The van der Waals surface area contributed by atoms with Crippen molar-refractivity contribution in [1.82, 2.24) is 0 Å². The third-order valence-electron chi connectivity index (χ3n) is 3.05. The summed E-state index contributed by atoms with van der Waals surface area (Å²) in [6.45, 7) is 2.17. The molecule has 0 saturated carbocycles. The van der Waals surface area contributed by atoms with Crippen molar-refractivity contribution in [1.29, 1.82) is 0 Å². The maximum atomic E-state index is 9.00. The maximum absolute atomic E-state index is 9.00. The number of rotatable bonds is 0. The van der Waals surface area contributed by atoms with Crippen LogP contribution in [0.2, 0.25) is 6.85 Å². The minimum atomic E-state index is -0.833. The summed E-state index contributed by atoms with van der Waals surface area (Å²) in [4.78, 5) is 18.0. The van der Waals surface area contributed by atoms with Crippen LogP contribution in [0.25, 0.3) is 0 Å². The van der Waals surface area contributed by atoms with Gasteiger partial charge in [-0.25, -0.2) is 0 Å². The molecule has 102 valence electrons. The number of hydrogen-bond donors (Lipinski definition) is 2. The predicted octanol–water partition coefficient (Wildman–Crippen LogP) is 2.18. The Morgan fingerprint density at radius 3 is 1.42 bits per heavy atom. The van der Waals surface area contributed by atoms with E-state index in [0.717, 1.165) is 85.2 Å². The zero-order valence-electron chi connectivity index (χ0n) is 11.7. The molecule has 2 rings (SSSR count). The van der Waals surface area contributed by atoms with Gasteiger partial charge in [0.1, 0.15) is 0 Å². The van der Waals surface area contributed by atoms with E-state index < -0.39 is 11.9 Å².